The van der Waals surface area contributed by atoms with Crippen LogP contribution in [0.15, 0.2) is 45.9 Å². The van der Waals surface area contributed by atoms with E-state index in [1.54, 1.807) is 6.92 Å². The molecule has 1 saturated carbocycles. The summed E-state index contributed by atoms with van der Waals surface area (Å²) in [6.45, 7) is 2.16. The molecule has 1 aliphatic carbocycles. The van der Waals surface area contributed by atoms with Crippen LogP contribution in [0.1, 0.15) is 80.1 Å². The Hall–Kier alpha value is -4.66. The van der Waals surface area contributed by atoms with Crippen molar-refractivity contribution < 1.29 is 28.4 Å². The van der Waals surface area contributed by atoms with Crippen LogP contribution in [-0.2, 0) is 19.1 Å². The SMILES string of the molecule is C#CC[C@@H](C(=O)N[C@H](C=CC(=O)OC1CCCCCC1)C[C@@H]1CCNC1=O)n1cccc(NC(=O)c2cc(C)on2)c1=O. The topological polar surface area (TPSA) is 162 Å². The molecule has 0 unspecified atom stereocenters. The molecule has 12 heteroatoms. The Balaban J connectivity index is 1.50. The molecule has 2 fully saturated rings. The molecule has 3 amide bonds. The summed E-state index contributed by atoms with van der Waals surface area (Å²) in [6.07, 6.45) is 16.3. The number of nitrogens with one attached hydrogen (secondary N) is 3. The van der Waals surface area contributed by atoms with E-state index in [9.17, 15) is 24.0 Å². The van der Waals surface area contributed by atoms with Gasteiger partial charge in [0.15, 0.2) is 5.69 Å². The minimum absolute atomic E-state index is 0.00614. The van der Waals surface area contributed by atoms with Gasteiger partial charge in [-0.25, -0.2) is 4.79 Å². The number of hydrogen-bond acceptors (Lipinski definition) is 8. The van der Waals surface area contributed by atoms with Crippen molar-refractivity contribution in [3.05, 3.63) is 58.4 Å². The number of anilines is 1. The van der Waals surface area contributed by atoms with Gasteiger partial charge in [-0.3, -0.25) is 19.2 Å². The molecule has 0 radical (unpaired) electrons. The molecule has 228 valence electrons. The Kier molecular flexibility index (Phi) is 10.9. The van der Waals surface area contributed by atoms with Crippen molar-refractivity contribution in [1.29, 1.82) is 0 Å². The summed E-state index contributed by atoms with van der Waals surface area (Å²) in [7, 11) is 0. The lowest BCUT2D eigenvalue weighted by Crippen LogP contribution is -2.43. The summed E-state index contributed by atoms with van der Waals surface area (Å²) in [5.41, 5.74) is -0.739. The molecule has 4 rings (SSSR count). The molecule has 2 aromatic rings. The molecule has 0 bridgehead atoms. The van der Waals surface area contributed by atoms with Gasteiger partial charge in [0.25, 0.3) is 11.5 Å². The normalized spacial score (nSPS) is 18.7. The van der Waals surface area contributed by atoms with Gasteiger partial charge in [0.05, 0.1) is 0 Å². The minimum atomic E-state index is -1.13. The summed E-state index contributed by atoms with van der Waals surface area (Å²) in [4.78, 5) is 64.4. The van der Waals surface area contributed by atoms with Crippen LogP contribution in [0.4, 0.5) is 5.69 Å². The van der Waals surface area contributed by atoms with Crippen LogP contribution in [0.25, 0.3) is 0 Å². The lowest BCUT2D eigenvalue weighted by molar-refractivity contribution is -0.143. The van der Waals surface area contributed by atoms with Crippen molar-refractivity contribution in [2.24, 2.45) is 5.92 Å². The van der Waals surface area contributed by atoms with Gasteiger partial charge in [-0.1, -0.05) is 24.1 Å². The van der Waals surface area contributed by atoms with Crippen molar-refractivity contribution in [3.8, 4) is 12.3 Å². The van der Waals surface area contributed by atoms with Crippen LogP contribution in [0, 0.1) is 25.2 Å². The zero-order chi connectivity index (χ0) is 30.8. The zero-order valence-corrected chi connectivity index (χ0v) is 24.2. The average molecular weight is 592 g/mol. The van der Waals surface area contributed by atoms with Gasteiger partial charge in [-0.05, 0) is 57.6 Å². The highest BCUT2D eigenvalue weighted by Gasteiger charge is 2.30. The smallest absolute Gasteiger partial charge is 0.330 e. The number of pyridine rings is 1. The van der Waals surface area contributed by atoms with Crippen molar-refractivity contribution in [1.82, 2.24) is 20.4 Å². The third kappa shape index (κ3) is 8.67. The lowest BCUT2D eigenvalue weighted by Gasteiger charge is -2.23. The number of amides is 3. The first-order valence-electron chi connectivity index (χ1n) is 14.6. The van der Waals surface area contributed by atoms with E-state index >= 15 is 0 Å². The molecular formula is C31H37N5O7. The number of carbonyl (C=O) groups is 4. The molecule has 12 nitrogen and oxygen atoms in total. The Morgan fingerprint density at radius 3 is 2.65 bits per heavy atom. The zero-order valence-electron chi connectivity index (χ0n) is 24.2. The number of aromatic nitrogens is 2. The second-order valence-corrected chi connectivity index (χ2v) is 10.9. The summed E-state index contributed by atoms with van der Waals surface area (Å²) >= 11 is 0. The second kappa shape index (κ2) is 15.0. The fourth-order valence-electron chi connectivity index (χ4n) is 5.34. The van der Waals surface area contributed by atoms with E-state index in [4.69, 9.17) is 15.7 Å². The maximum atomic E-state index is 13.6. The van der Waals surface area contributed by atoms with E-state index < -0.39 is 35.4 Å². The van der Waals surface area contributed by atoms with E-state index in [1.807, 2.05) is 0 Å². The highest BCUT2D eigenvalue weighted by Crippen LogP contribution is 2.21. The number of terminal acetylenes is 1. The predicted molar refractivity (Wildman–Crippen MR) is 157 cm³/mol. The first kappa shape index (κ1) is 31.3. The predicted octanol–water partition coefficient (Wildman–Crippen LogP) is 2.79. The van der Waals surface area contributed by atoms with E-state index in [-0.39, 0.29) is 42.2 Å². The van der Waals surface area contributed by atoms with Gasteiger partial charge in [0.2, 0.25) is 11.8 Å². The van der Waals surface area contributed by atoms with Crippen LogP contribution >= 0.6 is 0 Å². The van der Waals surface area contributed by atoms with E-state index in [0.717, 1.165) is 43.1 Å². The Labute approximate surface area is 249 Å². The Morgan fingerprint density at radius 1 is 1.23 bits per heavy atom. The number of ether oxygens (including phenoxy) is 1. The molecule has 1 saturated heterocycles. The van der Waals surface area contributed by atoms with Crippen LogP contribution < -0.4 is 21.5 Å². The molecule has 2 aliphatic rings. The maximum Gasteiger partial charge on any atom is 0.330 e. The minimum Gasteiger partial charge on any atom is -0.459 e. The van der Waals surface area contributed by atoms with Gasteiger partial charge in [-0.15, -0.1) is 12.3 Å². The quantitative estimate of drug-likeness (QED) is 0.156. The van der Waals surface area contributed by atoms with E-state index in [1.165, 1.54) is 36.5 Å². The van der Waals surface area contributed by atoms with Gasteiger partial charge in [0.1, 0.15) is 23.6 Å². The van der Waals surface area contributed by atoms with E-state index in [0.29, 0.717) is 18.7 Å². The summed E-state index contributed by atoms with van der Waals surface area (Å²) in [6, 6.07) is 2.49. The number of nitrogens with zero attached hydrogens (tertiary/aromatic N) is 2. The average Bonchev–Trinajstić information content (AvgIpc) is 3.51. The Bertz CT molecular complexity index is 1440. The number of hydrogen-bond donors (Lipinski definition) is 3. The van der Waals surface area contributed by atoms with Gasteiger partial charge >= 0.3 is 5.97 Å². The van der Waals surface area contributed by atoms with Crippen molar-refractivity contribution >= 4 is 29.4 Å². The third-order valence-electron chi connectivity index (χ3n) is 7.61. The lowest BCUT2D eigenvalue weighted by atomic mass is 9.97. The molecular weight excluding hydrogens is 554 g/mol. The second-order valence-electron chi connectivity index (χ2n) is 10.9. The molecule has 0 aromatic carbocycles. The highest BCUT2D eigenvalue weighted by molar-refractivity contribution is 6.02. The highest BCUT2D eigenvalue weighted by atomic mass is 16.5. The van der Waals surface area contributed by atoms with Crippen LogP contribution in [-0.4, -0.2) is 52.1 Å². The molecule has 3 atom stereocenters. The first-order valence-corrected chi connectivity index (χ1v) is 14.6. The number of carbonyl (C=O) groups excluding carboxylic acids is 4. The number of rotatable bonds is 11. The number of aryl methyl sites for hydroxylation is 1. The van der Waals surface area contributed by atoms with Gasteiger partial charge in [-0.2, -0.15) is 0 Å². The molecule has 43 heavy (non-hydrogen) atoms. The molecule has 1 aliphatic heterocycles. The first-order chi connectivity index (χ1) is 20.7. The summed E-state index contributed by atoms with van der Waals surface area (Å²) in [5, 5.41) is 11.8. The maximum absolute atomic E-state index is 13.6. The fourth-order valence-corrected chi connectivity index (χ4v) is 5.34. The van der Waals surface area contributed by atoms with E-state index in [2.05, 4.69) is 27.0 Å². The molecule has 0 spiro atoms. The van der Waals surface area contributed by atoms with Crippen molar-refractivity contribution in [3.63, 3.8) is 0 Å². The van der Waals surface area contributed by atoms with Crippen molar-refractivity contribution in [2.75, 3.05) is 11.9 Å². The summed E-state index contributed by atoms with van der Waals surface area (Å²) < 4.78 is 11.7. The Morgan fingerprint density at radius 2 is 2.00 bits per heavy atom. The molecule has 3 N–H and O–H groups in total. The third-order valence-corrected chi connectivity index (χ3v) is 7.61. The standard InChI is InChI=1S/C31H37N5O7/c1-3-9-26(36-17-8-12-24(31(36)41)34-29(39)25-18-20(2)43-35-25)30(40)33-22(19-21-15-16-32-28(21)38)13-14-27(37)42-23-10-6-4-5-7-11-23/h1,8,12-14,17-18,21-23,26H,4-7,9-11,15-16,19H2,2H3,(H,32,38)(H,33,40)(H,34,39)/t21-,22+,26-/m0/s1. The van der Waals surface area contributed by atoms with Crippen LogP contribution in [0.5, 0.6) is 0 Å². The van der Waals surface area contributed by atoms with Gasteiger partial charge < -0.3 is 29.8 Å². The van der Waals surface area contributed by atoms with Crippen molar-refractivity contribution in [2.45, 2.75) is 82.9 Å². The fraction of sp³-hybridized carbons (Fsp3) is 0.484. The largest absolute Gasteiger partial charge is 0.459 e. The summed E-state index contributed by atoms with van der Waals surface area (Å²) in [5.74, 6) is 0.625. The monoisotopic (exact) mass is 591 g/mol. The molecule has 3 heterocycles. The van der Waals surface area contributed by atoms with Gasteiger partial charge in [0, 0.05) is 43.3 Å². The van der Waals surface area contributed by atoms with Crippen LogP contribution in [0.2, 0.25) is 0 Å². The van der Waals surface area contributed by atoms with Crippen LogP contribution in [0.3, 0.4) is 0 Å². The molecule has 2 aromatic heterocycles. The number of esters is 1.